The molecule has 4 heteroatoms. The van der Waals surface area contributed by atoms with Gasteiger partial charge in [0.15, 0.2) is 0 Å². The van der Waals surface area contributed by atoms with E-state index in [2.05, 4.69) is 0 Å². The average Bonchev–Trinajstić information content (AvgIpc) is 2.61. The summed E-state index contributed by atoms with van der Waals surface area (Å²) < 4.78 is 0. The molecule has 1 aliphatic heterocycles. The lowest BCUT2D eigenvalue weighted by molar-refractivity contribution is 0.199. The molecular weight excluding hydrogens is 204 g/mol. The topological polar surface area (TPSA) is 43.8 Å². The molecule has 2 amide bonds. The van der Waals surface area contributed by atoms with Gasteiger partial charge in [-0.1, -0.05) is 12.1 Å². The third kappa shape index (κ3) is 2.02. The first-order valence-corrected chi connectivity index (χ1v) is 5.46. The first-order chi connectivity index (χ1) is 7.72. The van der Waals surface area contributed by atoms with E-state index in [9.17, 15) is 4.79 Å². The largest absolute Gasteiger partial charge is 0.395 e. The summed E-state index contributed by atoms with van der Waals surface area (Å²) in [4.78, 5) is 15.4. The van der Waals surface area contributed by atoms with Crippen LogP contribution in [-0.4, -0.2) is 42.3 Å². The number of carbonyl (C=O) groups is 1. The zero-order chi connectivity index (χ0) is 11.5. The lowest BCUT2D eigenvalue weighted by atomic mass is 10.2. The number of hydrogen-bond donors (Lipinski definition) is 1. The Morgan fingerprint density at radius 2 is 2.19 bits per heavy atom. The Kier molecular flexibility index (Phi) is 3.10. The molecule has 0 radical (unpaired) electrons. The van der Waals surface area contributed by atoms with Crippen LogP contribution in [0.2, 0.25) is 0 Å². The minimum atomic E-state index is -0.0142. The lowest BCUT2D eigenvalue weighted by Gasteiger charge is -2.18. The number of aliphatic hydroxyl groups excluding tert-OH is 1. The minimum absolute atomic E-state index is 0.0142. The smallest absolute Gasteiger partial charge is 0.324 e. The molecule has 0 unspecified atom stereocenters. The molecule has 1 saturated heterocycles. The van der Waals surface area contributed by atoms with Crippen LogP contribution in [0.1, 0.15) is 5.56 Å². The summed E-state index contributed by atoms with van der Waals surface area (Å²) in [6, 6.07) is 7.88. The van der Waals surface area contributed by atoms with E-state index in [1.54, 1.807) is 9.80 Å². The number of benzene rings is 1. The van der Waals surface area contributed by atoms with Crippen molar-refractivity contribution in [3.63, 3.8) is 0 Å². The molecule has 1 fully saturated rings. The number of anilines is 1. The molecule has 0 atom stereocenters. The summed E-state index contributed by atoms with van der Waals surface area (Å²) in [5, 5.41) is 8.83. The number of aliphatic hydroxyl groups is 1. The first-order valence-electron chi connectivity index (χ1n) is 5.46. The van der Waals surface area contributed by atoms with Crippen molar-refractivity contribution in [2.75, 3.05) is 31.1 Å². The fourth-order valence-electron chi connectivity index (χ4n) is 1.95. The summed E-state index contributed by atoms with van der Waals surface area (Å²) in [5.74, 6) is 0. The molecule has 0 saturated carbocycles. The van der Waals surface area contributed by atoms with E-state index >= 15 is 0 Å². The Hall–Kier alpha value is -1.55. The van der Waals surface area contributed by atoms with E-state index in [0.29, 0.717) is 19.6 Å². The van der Waals surface area contributed by atoms with E-state index in [0.717, 1.165) is 11.3 Å². The van der Waals surface area contributed by atoms with Crippen LogP contribution in [0.4, 0.5) is 10.5 Å². The number of hydrogen-bond acceptors (Lipinski definition) is 2. The molecule has 0 bridgehead atoms. The number of rotatable bonds is 3. The van der Waals surface area contributed by atoms with Gasteiger partial charge in [0.1, 0.15) is 0 Å². The highest BCUT2D eigenvalue weighted by atomic mass is 16.3. The van der Waals surface area contributed by atoms with Gasteiger partial charge in [0.05, 0.1) is 6.61 Å². The molecule has 1 aliphatic rings. The molecular formula is C12H16N2O2. The van der Waals surface area contributed by atoms with E-state index in [1.807, 2.05) is 31.2 Å². The van der Waals surface area contributed by atoms with E-state index < -0.39 is 0 Å². The van der Waals surface area contributed by atoms with Crippen molar-refractivity contribution in [2.24, 2.45) is 0 Å². The number of amides is 2. The van der Waals surface area contributed by atoms with Crippen LogP contribution < -0.4 is 4.90 Å². The standard InChI is InChI=1S/C12H16N2O2/c1-10-3-2-4-11(9-10)14-6-5-13(7-8-15)12(14)16/h2-4,9,15H,5-8H2,1H3. The van der Waals surface area contributed by atoms with Crippen molar-refractivity contribution in [1.82, 2.24) is 4.90 Å². The van der Waals surface area contributed by atoms with E-state index in [4.69, 9.17) is 5.11 Å². The van der Waals surface area contributed by atoms with Gasteiger partial charge in [-0.3, -0.25) is 4.90 Å². The van der Waals surface area contributed by atoms with Gasteiger partial charge in [-0.05, 0) is 24.6 Å². The zero-order valence-corrected chi connectivity index (χ0v) is 9.39. The second-order valence-corrected chi connectivity index (χ2v) is 3.98. The van der Waals surface area contributed by atoms with Crippen LogP contribution in [0.25, 0.3) is 0 Å². The van der Waals surface area contributed by atoms with Crippen LogP contribution in [0.5, 0.6) is 0 Å². The van der Waals surface area contributed by atoms with Crippen molar-refractivity contribution in [3.05, 3.63) is 29.8 Å². The summed E-state index contributed by atoms with van der Waals surface area (Å²) >= 11 is 0. The minimum Gasteiger partial charge on any atom is -0.395 e. The van der Waals surface area contributed by atoms with Gasteiger partial charge in [0.2, 0.25) is 0 Å². The fourth-order valence-corrected chi connectivity index (χ4v) is 1.95. The number of carbonyl (C=O) groups excluding carboxylic acids is 1. The maximum atomic E-state index is 11.9. The fraction of sp³-hybridized carbons (Fsp3) is 0.417. The number of aryl methyl sites for hydroxylation is 1. The molecule has 2 rings (SSSR count). The average molecular weight is 220 g/mol. The maximum absolute atomic E-state index is 11.9. The molecule has 4 nitrogen and oxygen atoms in total. The Morgan fingerprint density at radius 1 is 1.38 bits per heavy atom. The third-order valence-electron chi connectivity index (χ3n) is 2.78. The Labute approximate surface area is 95.1 Å². The quantitative estimate of drug-likeness (QED) is 0.832. The second-order valence-electron chi connectivity index (χ2n) is 3.98. The predicted octanol–water partition coefficient (Wildman–Crippen LogP) is 1.23. The predicted molar refractivity (Wildman–Crippen MR) is 62.6 cm³/mol. The van der Waals surface area contributed by atoms with Crippen molar-refractivity contribution >= 4 is 11.7 Å². The highest BCUT2D eigenvalue weighted by molar-refractivity contribution is 5.94. The summed E-state index contributed by atoms with van der Waals surface area (Å²) in [6.07, 6.45) is 0. The molecule has 86 valence electrons. The first kappa shape index (κ1) is 11.0. The summed E-state index contributed by atoms with van der Waals surface area (Å²) in [5.41, 5.74) is 2.08. The lowest BCUT2D eigenvalue weighted by Crippen LogP contribution is -2.33. The van der Waals surface area contributed by atoms with Gasteiger partial charge in [0.25, 0.3) is 0 Å². The molecule has 0 spiro atoms. The van der Waals surface area contributed by atoms with Crippen LogP contribution in [-0.2, 0) is 0 Å². The highest BCUT2D eigenvalue weighted by Gasteiger charge is 2.28. The SMILES string of the molecule is Cc1cccc(N2CCN(CCO)C2=O)c1. The van der Waals surface area contributed by atoms with Crippen LogP contribution in [0.15, 0.2) is 24.3 Å². The third-order valence-corrected chi connectivity index (χ3v) is 2.78. The number of β-amino-alcohol motifs (C(OH)–C–C–N with tert-alkyl or cyclic N) is 1. The van der Waals surface area contributed by atoms with Crippen molar-refractivity contribution in [2.45, 2.75) is 6.92 Å². The number of nitrogens with zero attached hydrogens (tertiary/aromatic N) is 2. The van der Waals surface area contributed by atoms with E-state index in [-0.39, 0.29) is 12.6 Å². The molecule has 0 aliphatic carbocycles. The van der Waals surface area contributed by atoms with Gasteiger partial charge in [-0.25, -0.2) is 4.79 Å². The normalized spacial score (nSPS) is 16.0. The van der Waals surface area contributed by atoms with Gasteiger partial charge in [0, 0.05) is 25.3 Å². The molecule has 1 aromatic carbocycles. The Bertz CT molecular complexity index is 392. The molecule has 0 aromatic heterocycles. The molecule has 1 aromatic rings. The van der Waals surface area contributed by atoms with Crippen molar-refractivity contribution in [1.29, 1.82) is 0 Å². The molecule has 1 heterocycles. The zero-order valence-electron chi connectivity index (χ0n) is 9.39. The van der Waals surface area contributed by atoms with Crippen LogP contribution in [0, 0.1) is 6.92 Å². The summed E-state index contributed by atoms with van der Waals surface area (Å²) in [7, 11) is 0. The van der Waals surface area contributed by atoms with Crippen LogP contribution in [0.3, 0.4) is 0 Å². The van der Waals surface area contributed by atoms with E-state index in [1.165, 1.54) is 0 Å². The van der Waals surface area contributed by atoms with Gasteiger partial charge in [-0.15, -0.1) is 0 Å². The number of urea groups is 1. The molecule has 16 heavy (non-hydrogen) atoms. The van der Waals surface area contributed by atoms with Crippen LogP contribution >= 0.6 is 0 Å². The van der Waals surface area contributed by atoms with Gasteiger partial charge in [-0.2, -0.15) is 0 Å². The van der Waals surface area contributed by atoms with Gasteiger partial charge >= 0.3 is 6.03 Å². The second kappa shape index (κ2) is 4.53. The Balaban J connectivity index is 2.15. The van der Waals surface area contributed by atoms with Crippen molar-refractivity contribution < 1.29 is 9.90 Å². The van der Waals surface area contributed by atoms with Crippen molar-refractivity contribution in [3.8, 4) is 0 Å². The maximum Gasteiger partial charge on any atom is 0.324 e. The molecule has 1 N–H and O–H groups in total. The summed E-state index contributed by atoms with van der Waals surface area (Å²) in [6.45, 7) is 3.83. The highest BCUT2D eigenvalue weighted by Crippen LogP contribution is 2.20. The van der Waals surface area contributed by atoms with Gasteiger partial charge < -0.3 is 10.0 Å². The monoisotopic (exact) mass is 220 g/mol. The Morgan fingerprint density at radius 3 is 2.88 bits per heavy atom.